The molecule has 0 bridgehead atoms. The van der Waals surface area contributed by atoms with Gasteiger partial charge < -0.3 is 25.0 Å². The molecule has 0 saturated carbocycles. The zero-order valence-electron chi connectivity index (χ0n) is 17.6. The number of nitrogens with zero attached hydrogens (tertiary/aromatic N) is 3. The number of halogens is 1. The minimum absolute atomic E-state index is 0. The molecule has 0 radical (unpaired) electrons. The molecule has 1 saturated heterocycles. The topological polar surface area (TPSA) is 60.3 Å². The zero-order chi connectivity index (χ0) is 19.5. The van der Waals surface area contributed by atoms with E-state index in [1.807, 2.05) is 12.1 Å². The number of aliphatic imine (C=N–C) groups is 1. The van der Waals surface area contributed by atoms with Gasteiger partial charge in [0, 0.05) is 51.6 Å². The van der Waals surface area contributed by atoms with Gasteiger partial charge in [0.15, 0.2) is 5.96 Å². The Morgan fingerprint density at radius 3 is 2.36 bits per heavy atom. The average Bonchev–Trinajstić information content (AvgIpc) is 2.71. The Bertz CT molecular complexity index is 554. The molecule has 0 spiro atoms. The third kappa shape index (κ3) is 7.66. The zero-order valence-corrected chi connectivity index (χ0v) is 19.9. The maximum absolute atomic E-state index is 9.26. The quantitative estimate of drug-likeness (QED) is 0.308. The Balaban J connectivity index is 0.00000392. The third-order valence-electron chi connectivity index (χ3n) is 5.09. The summed E-state index contributed by atoms with van der Waals surface area (Å²) in [6.07, 6.45) is 3.09. The van der Waals surface area contributed by atoms with Crippen LogP contribution in [0.2, 0.25) is 0 Å². The van der Waals surface area contributed by atoms with E-state index in [0.717, 1.165) is 70.2 Å². The maximum Gasteiger partial charge on any atom is 0.194 e. The second kappa shape index (κ2) is 13.9. The lowest BCUT2D eigenvalue weighted by Gasteiger charge is -2.38. The average molecular weight is 504 g/mol. The molecule has 1 aromatic carbocycles. The lowest BCUT2D eigenvalue weighted by molar-refractivity contribution is 0.253. The number of methoxy groups -OCH3 is 1. The molecule has 2 N–H and O–H groups in total. The first kappa shape index (κ1) is 24.8. The van der Waals surface area contributed by atoms with Crippen LogP contribution in [0.15, 0.2) is 29.3 Å². The van der Waals surface area contributed by atoms with Gasteiger partial charge in [-0.3, -0.25) is 4.99 Å². The number of piperazine rings is 1. The summed E-state index contributed by atoms with van der Waals surface area (Å²) in [5.74, 6) is 2.36. The molecule has 6 nitrogen and oxygen atoms in total. The van der Waals surface area contributed by atoms with Crippen molar-refractivity contribution in [3.05, 3.63) is 24.3 Å². The Morgan fingerprint density at radius 1 is 1.14 bits per heavy atom. The van der Waals surface area contributed by atoms with Crippen LogP contribution >= 0.6 is 24.0 Å². The smallest absolute Gasteiger partial charge is 0.194 e. The van der Waals surface area contributed by atoms with E-state index in [1.165, 1.54) is 5.69 Å². The molecule has 1 unspecified atom stereocenters. The number of nitrogens with one attached hydrogen (secondary N) is 1. The van der Waals surface area contributed by atoms with Gasteiger partial charge in [0.05, 0.1) is 7.11 Å². The number of rotatable bonds is 9. The monoisotopic (exact) mass is 504 g/mol. The standard InChI is InChI=1S/C21H36N4O2.HI/c1-4-6-18(11-16-26)17-23-21(22-5-2)25-14-12-24(13-15-25)19-7-9-20(27-3)10-8-19;/h7-10,18,26H,4-6,11-17H2,1-3H3,(H,22,23);1H. The van der Waals surface area contributed by atoms with Gasteiger partial charge in [-0.1, -0.05) is 13.3 Å². The van der Waals surface area contributed by atoms with Crippen molar-refractivity contribution in [3.63, 3.8) is 0 Å². The second-order valence-electron chi connectivity index (χ2n) is 7.03. The van der Waals surface area contributed by atoms with Gasteiger partial charge in [-0.25, -0.2) is 0 Å². The summed E-state index contributed by atoms with van der Waals surface area (Å²) in [6.45, 7) is 10.1. The van der Waals surface area contributed by atoms with E-state index >= 15 is 0 Å². The minimum Gasteiger partial charge on any atom is -0.497 e. The number of hydrogen-bond acceptors (Lipinski definition) is 4. The number of anilines is 1. The van der Waals surface area contributed by atoms with Crippen LogP contribution in [-0.2, 0) is 0 Å². The summed E-state index contributed by atoms with van der Waals surface area (Å²) >= 11 is 0. The van der Waals surface area contributed by atoms with E-state index in [4.69, 9.17) is 9.73 Å². The fourth-order valence-electron chi connectivity index (χ4n) is 3.53. The van der Waals surface area contributed by atoms with Crippen LogP contribution in [0.4, 0.5) is 5.69 Å². The van der Waals surface area contributed by atoms with E-state index in [9.17, 15) is 5.11 Å². The number of guanidine groups is 1. The van der Waals surface area contributed by atoms with Crippen molar-refractivity contribution < 1.29 is 9.84 Å². The Labute approximate surface area is 187 Å². The fourth-order valence-corrected chi connectivity index (χ4v) is 3.53. The number of aliphatic hydroxyl groups is 1. The van der Waals surface area contributed by atoms with Gasteiger partial charge >= 0.3 is 0 Å². The highest BCUT2D eigenvalue weighted by Crippen LogP contribution is 2.20. The molecule has 1 atom stereocenters. The lowest BCUT2D eigenvalue weighted by atomic mass is 10.0. The lowest BCUT2D eigenvalue weighted by Crippen LogP contribution is -2.52. The molecular formula is C21H37IN4O2. The SMILES string of the molecule is CCCC(CCO)CN=C(NCC)N1CCN(c2ccc(OC)cc2)CC1.I. The highest BCUT2D eigenvalue weighted by Gasteiger charge is 2.20. The van der Waals surface area contributed by atoms with Gasteiger partial charge in [0.1, 0.15) is 5.75 Å². The molecule has 28 heavy (non-hydrogen) atoms. The summed E-state index contributed by atoms with van der Waals surface area (Å²) in [7, 11) is 1.70. The Morgan fingerprint density at radius 2 is 1.82 bits per heavy atom. The molecule has 1 heterocycles. The van der Waals surface area contributed by atoms with E-state index in [1.54, 1.807) is 7.11 Å². The van der Waals surface area contributed by atoms with E-state index in [0.29, 0.717) is 5.92 Å². The first-order valence-corrected chi connectivity index (χ1v) is 10.2. The van der Waals surface area contributed by atoms with Crippen LogP contribution in [0.3, 0.4) is 0 Å². The van der Waals surface area contributed by atoms with Crippen molar-refractivity contribution in [2.45, 2.75) is 33.1 Å². The van der Waals surface area contributed by atoms with Crippen LogP contribution in [0.5, 0.6) is 5.75 Å². The van der Waals surface area contributed by atoms with E-state index in [-0.39, 0.29) is 30.6 Å². The highest BCUT2D eigenvalue weighted by molar-refractivity contribution is 14.0. The molecule has 7 heteroatoms. The summed E-state index contributed by atoms with van der Waals surface area (Å²) in [4.78, 5) is 9.64. The van der Waals surface area contributed by atoms with Gasteiger partial charge in [0.2, 0.25) is 0 Å². The Hall–Kier alpha value is -1.22. The van der Waals surface area contributed by atoms with Gasteiger partial charge in [-0.2, -0.15) is 0 Å². The highest BCUT2D eigenvalue weighted by atomic mass is 127. The first-order valence-electron chi connectivity index (χ1n) is 10.2. The molecule has 160 valence electrons. The summed E-state index contributed by atoms with van der Waals surface area (Å²) in [5.41, 5.74) is 1.24. The maximum atomic E-state index is 9.26. The third-order valence-corrected chi connectivity index (χ3v) is 5.09. The molecule has 1 aliphatic heterocycles. The summed E-state index contributed by atoms with van der Waals surface area (Å²) in [5, 5.41) is 12.7. The van der Waals surface area contributed by atoms with Gasteiger partial charge in [0.25, 0.3) is 0 Å². The molecule has 1 aliphatic rings. The van der Waals surface area contributed by atoms with E-state index in [2.05, 4.69) is 41.1 Å². The van der Waals surface area contributed by atoms with Crippen molar-refractivity contribution in [2.75, 3.05) is 57.9 Å². The minimum atomic E-state index is 0. The number of hydrogen-bond donors (Lipinski definition) is 2. The molecular weight excluding hydrogens is 467 g/mol. The van der Waals surface area contributed by atoms with Crippen molar-refractivity contribution in [1.29, 1.82) is 0 Å². The summed E-state index contributed by atoms with van der Waals surface area (Å²) < 4.78 is 5.25. The molecule has 1 aromatic rings. The molecule has 2 rings (SSSR count). The normalized spacial score (nSPS) is 15.8. The van der Waals surface area contributed by atoms with Gasteiger partial charge in [-0.05, 0) is 49.9 Å². The van der Waals surface area contributed by atoms with Crippen molar-refractivity contribution >= 4 is 35.6 Å². The van der Waals surface area contributed by atoms with Crippen LogP contribution < -0.4 is 15.0 Å². The predicted octanol–water partition coefficient (Wildman–Crippen LogP) is 3.20. The van der Waals surface area contributed by atoms with Crippen molar-refractivity contribution in [1.82, 2.24) is 10.2 Å². The van der Waals surface area contributed by atoms with Crippen LogP contribution in [0.25, 0.3) is 0 Å². The molecule has 0 amide bonds. The van der Waals surface area contributed by atoms with Crippen LogP contribution in [0, 0.1) is 5.92 Å². The first-order chi connectivity index (χ1) is 13.2. The Kier molecular flexibility index (Phi) is 12.3. The van der Waals surface area contributed by atoms with Crippen molar-refractivity contribution in [3.8, 4) is 5.75 Å². The molecule has 0 aromatic heterocycles. The second-order valence-corrected chi connectivity index (χ2v) is 7.03. The fraction of sp³-hybridized carbons (Fsp3) is 0.667. The van der Waals surface area contributed by atoms with Crippen LogP contribution in [-0.4, -0.2) is 69.0 Å². The number of ether oxygens (including phenoxy) is 1. The predicted molar refractivity (Wildman–Crippen MR) is 128 cm³/mol. The van der Waals surface area contributed by atoms with Crippen molar-refractivity contribution in [2.24, 2.45) is 10.9 Å². The molecule has 1 fully saturated rings. The molecule has 0 aliphatic carbocycles. The number of benzene rings is 1. The summed E-state index contributed by atoms with van der Waals surface area (Å²) in [6, 6.07) is 8.28. The van der Waals surface area contributed by atoms with Crippen LogP contribution in [0.1, 0.15) is 33.1 Å². The number of aliphatic hydroxyl groups excluding tert-OH is 1. The largest absolute Gasteiger partial charge is 0.497 e. The van der Waals surface area contributed by atoms with Gasteiger partial charge in [-0.15, -0.1) is 24.0 Å². The van der Waals surface area contributed by atoms with E-state index < -0.39 is 0 Å².